The molecule has 0 unspecified atom stereocenters. The van der Waals surface area contributed by atoms with Crippen LogP contribution in [0.15, 0.2) is 18.2 Å². The first-order chi connectivity index (χ1) is 8.54. The number of halogens is 1. The smallest absolute Gasteiger partial charge is 0.223 e. The van der Waals surface area contributed by atoms with Gasteiger partial charge in [-0.15, -0.1) is 0 Å². The van der Waals surface area contributed by atoms with Crippen molar-refractivity contribution in [2.24, 2.45) is 5.73 Å². The molecule has 1 rings (SSSR count). The first-order valence-electron chi connectivity index (χ1n) is 5.87. The van der Waals surface area contributed by atoms with Crippen molar-refractivity contribution in [1.82, 2.24) is 4.90 Å². The van der Waals surface area contributed by atoms with Crippen LogP contribution in [0.1, 0.15) is 12.0 Å². The molecule has 1 aromatic carbocycles. The maximum absolute atomic E-state index is 11.5. The van der Waals surface area contributed by atoms with Crippen LogP contribution in [-0.4, -0.2) is 37.6 Å². The number of benzene rings is 1. The van der Waals surface area contributed by atoms with Gasteiger partial charge >= 0.3 is 0 Å². The number of carbonyl (C=O) groups excluding carboxylic acids is 1. The van der Waals surface area contributed by atoms with E-state index >= 15 is 0 Å². The number of hydrogen-bond donors (Lipinski definition) is 1. The minimum absolute atomic E-state index is 0.0245. The molecule has 0 aliphatic carbocycles. The summed E-state index contributed by atoms with van der Waals surface area (Å²) in [6, 6.07) is 5.60. The third-order valence-corrected chi connectivity index (χ3v) is 2.87. The van der Waals surface area contributed by atoms with Crippen molar-refractivity contribution >= 4 is 17.5 Å². The Morgan fingerprint density at radius 2 is 2.22 bits per heavy atom. The van der Waals surface area contributed by atoms with E-state index in [1.54, 1.807) is 18.0 Å². The third kappa shape index (κ3) is 4.55. The van der Waals surface area contributed by atoms with Crippen LogP contribution in [-0.2, 0) is 4.79 Å². The first-order valence-corrected chi connectivity index (χ1v) is 6.25. The highest BCUT2D eigenvalue weighted by Crippen LogP contribution is 2.25. The first kappa shape index (κ1) is 14.8. The molecular formula is C13H19ClN2O2. The molecule has 0 aliphatic rings. The largest absolute Gasteiger partial charge is 0.490 e. The summed E-state index contributed by atoms with van der Waals surface area (Å²) < 4.78 is 5.56. The maximum atomic E-state index is 11.5. The summed E-state index contributed by atoms with van der Waals surface area (Å²) in [6.07, 6.45) is 0.363. The number of nitrogens with zero attached hydrogens (tertiary/aromatic N) is 1. The Balaban J connectivity index is 2.41. The second-order valence-electron chi connectivity index (χ2n) is 4.14. The van der Waals surface area contributed by atoms with Gasteiger partial charge in [-0.25, -0.2) is 0 Å². The van der Waals surface area contributed by atoms with E-state index in [0.717, 1.165) is 5.56 Å². The van der Waals surface area contributed by atoms with Crippen molar-refractivity contribution in [3.8, 4) is 5.75 Å². The third-order valence-electron chi connectivity index (χ3n) is 2.55. The Bertz CT molecular complexity index is 410. The van der Waals surface area contributed by atoms with Crippen molar-refractivity contribution in [1.29, 1.82) is 0 Å². The molecule has 0 radical (unpaired) electrons. The summed E-state index contributed by atoms with van der Waals surface area (Å²) in [7, 11) is 1.74. The van der Waals surface area contributed by atoms with E-state index in [4.69, 9.17) is 22.1 Å². The van der Waals surface area contributed by atoms with Crippen molar-refractivity contribution in [3.63, 3.8) is 0 Å². The number of amides is 1. The number of nitrogens with two attached hydrogens (primary N) is 1. The topological polar surface area (TPSA) is 55.6 Å². The lowest BCUT2D eigenvalue weighted by atomic mass is 10.2. The van der Waals surface area contributed by atoms with Gasteiger partial charge in [0.15, 0.2) is 0 Å². The van der Waals surface area contributed by atoms with Crippen molar-refractivity contribution in [2.75, 3.05) is 26.7 Å². The molecule has 0 bridgehead atoms. The summed E-state index contributed by atoms with van der Waals surface area (Å²) in [5.41, 5.74) is 6.41. The van der Waals surface area contributed by atoms with Gasteiger partial charge in [0, 0.05) is 20.0 Å². The number of rotatable bonds is 6. The molecule has 2 N–H and O–H groups in total. The fraction of sp³-hybridized carbons (Fsp3) is 0.462. The Hall–Kier alpha value is -1.26. The van der Waals surface area contributed by atoms with Crippen LogP contribution in [0.4, 0.5) is 0 Å². The molecule has 5 heteroatoms. The van der Waals surface area contributed by atoms with E-state index < -0.39 is 0 Å². The summed E-state index contributed by atoms with van der Waals surface area (Å²) in [6.45, 7) is 3.27. The van der Waals surface area contributed by atoms with Gasteiger partial charge in [-0.2, -0.15) is 0 Å². The molecule has 0 saturated carbocycles. The fourth-order valence-electron chi connectivity index (χ4n) is 1.45. The number of likely N-dealkylation sites (N-methyl/N-ethyl adjacent to an activating group) is 1. The maximum Gasteiger partial charge on any atom is 0.223 e. The van der Waals surface area contributed by atoms with Crippen molar-refractivity contribution in [2.45, 2.75) is 13.3 Å². The van der Waals surface area contributed by atoms with Crippen LogP contribution in [0.3, 0.4) is 0 Å². The highest BCUT2D eigenvalue weighted by molar-refractivity contribution is 6.32. The Morgan fingerprint density at radius 1 is 1.50 bits per heavy atom. The van der Waals surface area contributed by atoms with Gasteiger partial charge in [0.1, 0.15) is 12.4 Å². The van der Waals surface area contributed by atoms with E-state index in [0.29, 0.717) is 36.9 Å². The number of carbonyl (C=O) groups is 1. The normalized spacial score (nSPS) is 10.2. The highest BCUT2D eigenvalue weighted by atomic mass is 35.5. The number of ether oxygens (including phenoxy) is 1. The van der Waals surface area contributed by atoms with Gasteiger partial charge in [-0.3, -0.25) is 4.79 Å². The monoisotopic (exact) mass is 270 g/mol. The second-order valence-corrected chi connectivity index (χ2v) is 4.54. The van der Waals surface area contributed by atoms with E-state index in [2.05, 4.69) is 0 Å². The fourth-order valence-corrected chi connectivity index (χ4v) is 1.62. The standard InChI is InChI=1S/C13H19ClN2O2/c1-10-3-4-11(14)12(9-10)18-8-7-16(2)13(17)5-6-15/h3-4,9H,5-8,15H2,1-2H3. The number of aryl methyl sites for hydroxylation is 1. The predicted molar refractivity (Wildman–Crippen MR) is 73.0 cm³/mol. The highest BCUT2D eigenvalue weighted by Gasteiger charge is 2.08. The predicted octanol–water partition coefficient (Wildman–Crippen LogP) is 1.83. The molecule has 1 amide bonds. The van der Waals surface area contributed by atoms with Crippen LogP contribution in [0.25, 0.3) is 0 Å². The molecule has 0 aliphatic heterocycles. The lowest BCUT2D eigenvalue weighted by molar-refractivity contribution is -0.130. The molecule has 18 heavy (non-hydrogen) atoms. The van der Waals surface area contributed by atoms with Crippen LogP contribution in [0.2, 0.25) is 5.02 Å². The minimum Gasteiger partial charge on any atom is -0.490 e. The van der Waals surface area contributed by atoms with Crippen molar-refractivity contribution in [3.05, 3.63) is 28.8 Å². The molecule has 1 aromatic rings. The quantitative estimate of drug-likeness (QED) is 0.858. The average molecular weight is 271 g/mol. The Kier molecular flexibility index (Phi) is 5.95. The molecule has 0 atom stereocenters. The molecular weight excluding hydrogens is 252 g/mol. The van der Waals surface area contributed by atoms with Gasteiger partial charge in [0.05, 0.1) is 11.6 Å². The molecule has 0 saturated heterocycles. The van der Waals surface area contributed by atoms with Crippen LogP contribution >= 0.6 is 11.6 Å². The Morgan fingerprint density at radius 3 is 2.89 bits per heavy atom. The molecule has 4 nitrogen and oxygen atoms in total. The van der Waals surface area contributed by atoms with Gasteiger partial charge in [-0.05, 0) is 24.6 Å². The zero-order valence-electron chi connectivity index (χ0n) is 10.8. The van der Waals surface area contributed by atoms with E-state index in [1.165, 1.54) is 0 Å². The Labute approximate surface area is 113 Å². The summed E-state index contributed by atoms with van der Waals surface area (Å²) in [4.78, 5) is 13.1. The summed E-state index contributed by atoms with van der Waals surface area (Å²) in [5.74, 6) is 0.674. The van der Waals surface area contributed by atoms with Gasteiger partial charge in [-0.1, -0.05) is 17.7 Å². The van der Waals surface area contributed by atoms with Gasteiger partial charge < -0.3 is 15.4 Å². The van der Waals surface area contributed by atoms with Gasteiger partial charge in [0.2, 0.25) is 5.91 Å². The van der Waals surface area contributed by atoms with E-state index in [-0.39, 0.29) is 5.91 Å². The molecule has 0 spiro atoms. The summed E-state index contributed by atoms with van der Waals surface area (Å²) >= 11 is 6.00. The van der Waals surface area contributed by atoms with Gasteiger partial charge in [0.25, 0.3) is 0 Å². The molecule has 0 heterocycles. The van der Waals surface area contributed by atoms with Crippen LogP contribution < -0.4 is 10.5 Å². The second kappa shape index (κ2) is 7.24. The van der Waals surface area contributed by atoms with Crippen LogP contribution in [0.5, 0.6) is 5.75 Å². The lowest BCUT2D eigenvalue weighted by Gasteiger charge is -2.17. The van der Waals surface area contributed by atoms with Crippen molar-refractivity contribution < 1.29 is 9.53 Å². The average Bonchev–Trinajstić information content (AvgIpc) is 2.33. The van der Waals surface area contributed by atoms with E-state index in [1.807, 2.05) is 19.1 Å². The molecule has 100 valence electrons. The molecule has 0 aromatic heterocycles. The lowest BCUT2D eigenvalue weighted by Crippen LogP contribution is -2.32. The minimum atomic E-state index is 0.0245. The SMILES string of the molecule is Cc1ccc(Cl)c(OCCN(C)C(=O)CCN)c1. The zero-order valence-corrected chi connectivity index (χ0v) is 11.5. The number of hydrogen-bond acceptors (Lipinski definition) is 3. The van der Waals surface area contributed by atoms with E-state index in [9.17, 15) is 4.79 Å². The summed E-state index contributed by atoms with van der Waals surface area (Å²) in [5, 5.41) is 0.580. The zero-order chi connectivity index (χ0) is 13.5. The van der Waals surface area contributed by atoms with Crippen LogP contribution in [0, 0.1) is 6.92 Å². The molecule has 0 fully saturated rings.